The first-order chi connectivity index (χ1) is 10.3. The van der Waals surface area contributed by atoms with Crippen LogP contribution in [0.5, 0.6) is 0 Å². The van der Waals surface area contributed by atoms with E-state index < -0.39 is 6.09 Å². The van der Waals surface area contributed by atoms with Crippen molar-refractivity contribution in [2.75, 3.05) is 19.6 Å². The van der Waals surface area contributed by atoms with Crippen molar-refractivity contribution < 1.29 is 14.3 Å². The number of hydrogen-bond acceptors (Lipinski definition) is 4. The van der Waals surface area contributed by atoms with E-state index in [1.54, 1.807) is 11.3 Å². The number of nitrogens with one attached hydrogen (secondary N) is 1. The quantitative estimate of drug-likeness (QED) is 0.822. The fraction of sp³-hybridized carbons (Fsp3) is 0.600. The molecule has 1 N–H and O–H groups in total. The molecular formula is C15H22N2O3S. The summed E-state index contributed by atoms with van der Waals surface area (Å²) in [6.45, 7) is 2.41. The lowest BCUT2D eigenvalue weighted by Crippen LogP contribution is -2.34. The van der Waals surface area contributed by atoms with Gasteiger partial charge in [0.2, 0.25) is 5.91 Å². The molecule has 0 unspecified atom stereocenters. The Morgan fingerprint density at radius 3 is 3.10 bits per heavy atom. The number of amides is 2. The van der Waals surface area contributed by atoms with Crippen LogP contribution in [-0.4, -0.2) is 36.5 Å². The molecule has 0 saturated carbocycles. The molecule has 1 fully saturated rings. The van der Waals surface area contributed by atoms with E-state index in [0.717, 1.165) is 37.1 Å². The van der Waals surface area contributed by atoms with Gasteiger partial charge in [0.25, 0.3) is 0 Å². The van der Waals surface area contributed by atoms with Crippen molar-refractivity contribution in [2.45, 2.75) is 38.7 Å². The molecule has 1 aromatic rings. The molecule has 0 spiro atoms. The molecule has 21 heavy (non-hydrogen) atoms. The summed E-state index contributed by atoms with van der Waals surface area (Å²) in [5, 5.41) is 4.67. The Morgan fingerprint density at radius 1 is 1.38 bits per heavy atom. The van der Waals surface area contributed by atoms with Crippen LogP contribution in [0.25, 0.3) is 0 Å². The maximum absolute atomic E-state index is 11.8. The van der Waals surface area contributed by atoms with Gasteiger partial charge in [0, 0.05) is 30.9 Å². The molecular weight excluding hydrogens is 288 g/mol. The van der Waals surface area contributed by atoms with Gasteiger partial charge >= 0.3 is 6.09 Å². The molecule has 116 valence electrons. The fourth-order valence-electron chi connectivity index (χ4n) is 2.32. The van der Waals surface area contributed by atoms with Crippen molar-refractivity contribution in [3.63, 3.8) is 0 Å². The first-order valence-corrected chi connectivity index (χ1v) is 8.34. The highest BCUT2D eigenvalue weighted by Gasteiger charge is 2.15. The van der Waals surface area contributed by atoms with Crippen molar-refractivity contribution in [1.29, 1.82) is 0 Å². The number of carbonyl (C=O) groups is 2. The van der Waals surface area contributed by atoms with Crippen LogP contribution < -0.4 is 5.32 Å². The third-order valence-electron chi connectivity index (χ3n) is 3.47. The van der Waals surface area contributed by atoms with E-state index in [1.165, 1.54) is 0 Å². The van der Waals surface area contributed by atoms with E-state index in [1.807, 2.05) is 22.4 Å². The zero-order valence-corrected chi connectivity index (χ0v) is 13.0. The number of likely N-dealkylation sites (tertiary alicyclic amines) is 1. The van der Waals surface area contributed by atoms with Gasteiger partial charge in [0.1, 0.15) is 6.61 Å². The first kappa shape index (κ1) is 15.8. The van der Waals surface area contributed by atoms with E-state index in [2.05, 4.69) is 5.32 Å². The molecule has 2 amide bonds. The number of carbonyl (C=O) groups excluding carboxylic acids is 2. The zero-order chi connectivity index (χ0) is 14.9. The minimum atomic E-state index is -0.398. The maximum Gasteiger partial charge on any atom is 0.407 e. The Kier molecular flexibility index (Phi) is 6.53. The van der Waals surface area contributed by atoms with Gasteiger partial charge in [0.15, 0.2) is 0 Å². The number of nitrogens with zero attached hydrogens (tertiary/aromatic N) is 1. The summed E-state index contributed by atoms with van der Waals surface area (Å²) in [5.41, 5.74) is 0. The van der Waals surface area contributed by atoms with Gasteiger partial charge < -0.3 is 15.0 Å². The van der Waals surface area contributed by atoms with Crippen molar-refractivity contribution in [2.24, 2.45) is 0 Å². The normalized spacial score (nSPS) is 15.6. The van der Waals surface area contributed by atoms with Gasteiger partial charge in [-0.1, -0.05) is 12.5 Å². The molecule has 5 nitrogen and oxygen atoms in total. The van der Waals surface area contributed by atoms with Gasteiger partial charge in [-0.05, 0) is 30.7 Å². The van der Waals surface area contributed by atoms with Crippen LogP contribution in [0.15, 0.2) is 17.5 Å². The summed E-state index contributed by atoms with van der Waals surface area (Å²) in [6.07, 6.45) is 4.25. The molecule has 0 atom stereocenters. The smallest absolute Gasteiger partial charge is 0.407 e. The molecule has 0 aliphatic carbocycles. The second kappa shape index (κ2) is 8.67. The third-order valence-corrected chi connectivity index (χ3v) is 4.32. The van der Waals surface area contributed by atoms with Gasteiger partial charge in [-0.15, -0.1) is 11.3 Å². The van der Waals surface area contributed by atoms with Gasteiger partial charge in [-0.3, -0.25) is 4.79 Å². The largest absolute Gasteiger partial charge is 0.444 e. The minimum absolute atomic E-state index is 0.243. The molecule has 2 heterocycles. The Labute approximate surface area is 129 Å². The monoisotopic (exact) mass is 310 g/mol. The second-order valence-electron chi connectivity index (χ2n) is 5.13. The van der Waals surface area contributed by atoms with Gasteiger partial charge in [0.05, 0.1) is 0 Å². The molecule has 1 aromatic heterocycles. The van der Waals surface area contributed by atoms with Crippen molar-refractivity contribution in [3.05, 3.63) is 22.4 Å². The van der Waals surface area contributed by atoms with Crippen LogP contribution >= 0.6 is 11.3 Å². The Balaban J connectivity index is 1.56. The number of thiophene rings is 1. The van der Waals surface area contributed by atoms with E-state index in [0.29, 0.717) is 26.1 Å². The lowest BCUT2D eigenvalue weighted by Gasteiger charge is -2.20. The van der Waals surface area contributed by atoms with Crippen LogP contribution in [-0.2, 0) is 16.1 Å². The molecule has 0 bridgehead atoms. The van der Waals surface area contributed by atoms with Gasteiger partial charge in [-0.25, -0.2) is 4.79 Å². The van der Waals surface area contributed by atoms with Crippen LogP contribution in [0.1, 0.15) is 37.0 Å². The fourth-order valence-corrected chi connectivity index (χ4v) is 2.93. The maximum atomic E-state index is 11.8. The zero-order valence-electron chi connectivity index (χ0n) is 12.2. The standard InChI is InChI=1S/C15H22N2O3S/c18-14-7-2-1-3-9-17(14)10-5-8-16-15(19)20-12-13-6-4-11-21-13/h4,6,11H,1-3,5,7-10,12H2,(H,16,19). The van der Waals surface area contributed by atoms with Crippen LogP contribution in [0.2, 0.25) is 0 Å². The molecule has 6 heteroatoms. The van der Waals surface area contributed by atoms with E-state index in [-0.39, 0.29) is 5.91 Å². The molecule has 0 aromatic carbocycles. The lowest BCUT2D eigenvalue weighted by atomic mass is 10.2. The SMILES string of the molecule is O=C(NCCCN1CCCCCC1=O)OCc1cccs1. The Bertz CT molecular complexity index is 448. The number of hydrogen-bond donors (Lipinski definition) is 1. The van der Waals surface area contributed by atoms with Crippen molar-refractivity contribution in [3.8, 4) is 0 Å². The highest BCUT2D eigenvalue weighted by Crippen LogP contribution is 2.11. The molecule has 1 aliphatic rings. The number of rotatable bonds is 6. The Hall–Kier alpha value is -1.56. The van der Waals surface area contributed by atoms with Crippen LogP contribution in [0.3, 0.4) is 0 Å². The average Bonchev–Trinajstić information content (AvgIpc) is 2.92. The van der Waals surface area contributed by atoms with E-state index >= 15 is 0 Å². The predicted molar refractivity (Wildman–Crippen MR) is 82.2 cm³/mol. The summed E-state index contributed by atoms with van der Waals surface area (Å²) >= 11 is 1.57. The van der Waals surface area contributed by atoms with Crippen molar-refractivity contribution >= 4 is 23.3 Å². The Morgan fingerprint density at radius 2 is 2.29 bits per heavy atom. The lowest BCUT2D eigenvalue weighted by molar-refractivity contribution is -0.130. The predicted octanol–water partition coefficient (Wildman–Crippen LogP) is 2.77. The molecule has 2 rings (SSSR count). The minimum Gasteiger partial charge on any atom is -0.444 e. The summed E-state index contributed by atoms with van der Waals surface area (Å²) in [4.78, 5) is 26.2. The topological polar surface area (TPSA) is 58.6 Å². The van der Waals surface area contributed by atoms with E-state index in [4.69, 9.17) is 4.74 Å². The van der Waals surface area contributed by atoms with Gasteiger partial charge in [-0.2, -0.15) is 0 Å². The highest BCUT2D eigenvalue weighted by molar-refractivity contribution is 7.09. The third kappa shape index (κ3) is 5.75. The van der Waals surface area contributed by atoms with Crippen molar-refractivity contribution in [1.82, 2.24) is 10.2 Å². The molecule has 1 aliphatic heterocycles. The van der Waals surface area contributed by atoms with E-state index in [9.17, 15) is 9.59 Å². The summed E-state index contributed by atoms with van der Waals surface area (Å²) in [7, 11) is 0. The summed E-state index contributed by atoms with van der Waals surface area (Å²) in [6, 6.07) is 3.86. The van der Waals surface area contributed by atoms with Crippen LogP contribution in [0, 0.1) is 0 Å². The first-order valence-electron chi connectivity index (χ1n) is 7.46. The summed E-state index contributed by atoms with van der Waals surface area (Å²) < 4.78 is 5.10. The average molecular weight is 310 g/mol. The number of alkyl carbamates (subject to hydrolysis) is 1. The summed E-state index contributed by atoms with van der Waals surface area (Å²) in [5.74, 6) is 0.243. The second-order valence-corrected chi connectivity index (χ2v) is 6.16. The highest BCUT2D eigenvalue weighted by atomic mass is 32.1. The molecule has 1 saturated heterocycles. The number of ether oxygens (including phenoxy) is 1. The molecule has 0 radical (unpaired) electrons. The van der Waals surface area contributed by atoms with Crippen LogP contribution in [0.4, 0.5) is 4.79 Å².